The number of benzene rings is 1. The first-order chi connectivity index (χ1) is 9.02. The summed E-state index contributed by atoms with van der Waals surface area (Å²) in [6.45, 7) is 6.17. The Balaban J connectivity index is 2.15. The Morgan fingerprint density at radius 3 is 2.63 bits per heavy atom. The fourth-order valence-corrected chi connectivity index (χ4v) is 3.49. The van der Waals surface area contributed by atoms with Gasteiger partial charge in [-0.15, -0.1) is 0 Å². The van der Waals surface area contributed by atoms with Crippen molar-refractivity contribution in [3.63, 3.8) is 0 Å². The van der Waals surface area contributed by atoms with Crippen molar-refractivity contribution < 1.29 is 14.3 Å². The highest BCUT2D eigenvalue weighted by Crippen LogP contribution is 2.48. The zero-order valence-corrected chi connectivity index (χ0v) is 11.9. The number of hydrogen-bond donors (Lipinski definition) is 0. The maximum absolute atomic E-state index is 11.9. The zero-order valence-electron chi connectivity index (χ0n) is 11.9. The second-order valence-electron chi connectivity index (χ2n) is 5.85. The Kier molecular flexibility index (Phi) is 2.80. The summed E-state index contributed by atoms with van der Waals surface area (Å²) in [7, 11) is 1.70. The minimum Gasteiger partial charge on any atom is -0.496 e. The number of rotatable bonds is 1. The van der Waals surface area contributed by atoms with Crippen LogP contribution in [0.3, 0.4) is 0 Å². The lowest BCUT2D eigenvalue weighted by Crippen LogP contribution is -2.41. The molecule has 1 aromatic rings. The van der Waals surface area contributed by atoms with Crippen LogP contribution in [-0.2, 0) is 9.53 Å². The molecule has 19 heavy (non-hydrogen) atoms. The van der Waals surface area contributed by atoms with Crippen LogP contribution < -0.4 is 4.74 Å². The van der Waals surface area contributed by atoms with E-state index in [1.54, 1.807) is 7.11 Å². The summed E-state index contributed by atoms with van der Waals surface area (Å²) in [4.78, 5) is 11.9. The molecule has 4 atom stereocenters. The number of esters is 1. The molecule has 3 nitrogen and oxygen atoms in total. The molecular weight excluding hydrogens is 240 g/mol. The average Bonchev–Trinajstić information content (AvgIpc) is 2.40. The van der Waals surface area contributed by atoms with Gasteiger partial charge in [-0.3, -0.25) is 4.79 Å². The Hall–Kier alpha value is -1.51. The normalized spacial score (nSPS) is 32.5. The fourth-order valence-electron chi connectivity index (χ4n) is 3.49. The SMILES string of the molecule is COc1cc2c(cc1C)[C@@H]1C[C@@H](OC(=O)[C@@H]1C)[C@@H]2C. The van der Waals surface area contributed by atoms with Gasteiger partial charge in [0.2, 0.25) is 0 Å². The van der Waals surface area contributed by atoms with Gasteiger partial charge in [0.1, 0.15) is 11.9 Å². The summed E-state index contributed by atoms with van der Waals surface area (Å²) in [6, 6.07) is 4.32. The molecule has 3 rings (SSSR count). The van der Waals surface area contributed by atoms with Crippen molar-refractivity contribution in [1.82, 2.24) is 0 Å². The summed E-state index contributed by atoms with van der Waals surface area (Å²) in [5.74, 6) is 1.37. The Morgan fingerprint density at radius 2 is 1.95 bits per heavy atom. The van der Waals surface area contributed by atoms with E-state index in [1.807, 2.05) is 6.92 Å². The minimum absolute atomic E-state index is 0.0219. The Morgan fingerprint density at radius 1 is 1.21 bits per heavy atom. The van der Waals surface area contributed by atoms with Crippen molar-refractivity contribution >= 4 is 5.97 Å². The summed E-state index contributed by atoms with van der Waals surface area (Å²) in [6.07, 6.45) is 0.973. The van der Waals surface area contributed by atoms with E-state index in [9.17, 15) is 4.79 Å². The smallest absolute Gasteiger partial charge is 0.309 e. The predicted octanol–water partition coefficient (Wildman–Crippen LogP) is 3.16. The van der Waals surface area contributed by atoms with E-state index in [0.29, 0.717) is 5.92 Å². The van der Waals surface area contributed by atoms with Crippen molar-refractivity contribution in [2.45, 2.75) is 45.1 Å². The van der Waals surface area contributed by atoms with Gasteiger partial charge < -0.3 is 9.47 Å². The first-order valence-corrected chi connectivity index (χ1v) is 6.91. The third-order valence-corrected chi connectivity index (χ3v) is 4.78. The third-order valence-electron chi connectivity index (χ3n) is 4.78. The van der Waals surface area contributed by atoms with Crippen LogP contribution in [0, 0.1) is 12.8 Å². The molecule has 0 amide bonds. The molecule has 1 fully saturated rings. The number of ether oxygens (including phenoxy) is 2. The van der Waals surface area contributed by atoms with E-state index in [1.165, 1.54) is 11.1 Å². The molecular formula is C16H20O3. The number of hydrogen-bond acceptors (Lipinski definition) is 3. The average molecular weight is 260 g/mol. The van der Waals surface area contributed by atoms with Gasteiger partial charge in [-0.25, -0.2) is 0 Å². The molecule has 1 aliphatic carbocycles. The Labute approximate surface area is 113 Å². The summed E-state index contributed by atoms with van der Waals surface area (Å²) in [5.41, 5.74) is 3.73. The molecule has 0 aromatic heterocycles. The molecule has 0 spiro atoms. The molecule has 0 N–H and O–H groups in total. The van der Waals surface area contributed by atoms with Gasteiger partial charge in [0.05, 0.1) is 13.0 Å². The van der Waals surface area contributed by atoms with Crippen LogP contribution >= 0.6 is 0 Å². The van der Waals surface area contributed by atoms with Gasteiger partial charge in [0, 0.05) is 11.8 Å². The maximum Gasteiger partial charge on any atom is 0.309 e. The zero-order chi connectivity index (χ0) is 13.7. The van der Waals surface area contributed by atoms with E-state index >= 15 is 0 Å². The molecule has 3 heteroatoms. The van der Waals surface area contributed by atoms with Crippen molar-refractivity contribution in [2.24, 2.45) is 5.92 Å². The number of fused-ring (bicyclic) bond motifs is 4. The highest BCUT2D eigenvalue weighted by molar-refractivity contribution is 5.75. The summed E-state index contributed by atoms with van der Waals surface area (Å²) >= 11 is 0. The summed E-state index contributed by atoms with van der Waals surface area (Å²) < 4.78 is 11.0. The molecule has 1 heterocycles. The van der Waals surface area contributed by atoms with Crippen LogP contribution in [0.5, 0.6) is 5.75 Å². The van der Waals surface area contributed by atoms with Crippen LogP contribution in [0.1, 0.15) is 48.8 Å². The highest BCUT2D eigenvalue weighted by atomic mass is 16.5. The van der Waals surface area contributed by atoms with Gasteiger partial charge in [-0.2, -0.15) is 0 Å². The lowest BCUT2D eigenvalue weighted by Gasteiger charge is -2.43. The number of carbonyl (C=O) groups is 1. The largest absolute Gasteiger partial charge is 0.496 e. The molecule has 0 saturated carbocycles. The first-order valence-electron chi connectivity index (χ1n) is 6.91. The minimum atomic E-state index is -0.0489. The van der Waals surface area contributed by atoms with E-state index < -0.39 is 0 Å². The fraction of sp³-hybridized carbons (Fsp3) is 0.562. The second kappa shape index (κ2) is 4.26. The van der Waals surface area contributed by atoms with Crippen molar-refractivity contribution in [2.75, 3.05) is 7.11 Å². The molecule has 102 valence electrons. The van der Waals surface area contributed by atoms with E-state index in [4.69, 9.17) is 9.47 Å². The molecule has 1 aromatic carbocycles. The van der Waals surface area contributed by atoms with Crippen LogP contribution in [-0.4, -0.2) is 19.2 Å². The lowest BCUT2D eigenvalue weighted by molar-refractivity contribution is -0.163. The molecule has 2 bridgehead atoms. The highest BCUT2D eigenvalue weighted by Gasteiger charge is 2.44. The van der Waals surface area contributed by atoms with Gasteiger partial charge in [-0.1, -0.05) is 19.9 Å². The number of aryl methyl sites for hydroxylation is 1. The van der Waals surface area contributed by atoms with Gasteiger partial charge in [0.15, 0.2) is 0 Å². The van der Waals surface area contributed by atoms with Gasteiger partial charge >= 0.3 is 5.97 Å². The van der Waals surface area contributed by atoms with E-state index in [-0.39, 0.29) is 23.9 Å². The molecule has 1 saturated heterocycles. The van der Waals surface area contributed by atoms with Gasteiger partial charge in [0.25, 0.3) is 0 Å². The van der Waals surface area contributed by atoms with Crippen LogP contribution in [0.15, 0.2) is 12.1 Å². The van der Waals surface area contributed by atoms with Crippen molar-refractivity contribution in [3.8, 4) is 5.75 Å². The molecule has 2 aliphatic rings. The quantitative estimate of drug-likeness (QED) is 0.728. The molecule has 1 aliphatic heterocycles. The van der Waals surface area contributed by atoms with Crippen LogP contribution in [0.25, 0.3) is 0 Å². The number of methoxy groups -OCH3 is 1. The van der Waals surface area contributed by atoms with Crippen LogP contribution in [0.2, 0.25) is 0 Å². The topological polar surface area (TPSA) is 35.5 Å². The van der Waals surface area contributed by atoms with Gasteiger partial charge in [-0.05, 0) is 36.1 Å². The van der Waals surface area contributed by atoms with Crippen LogP contribution in [0.4, 0.5) is 0 Å². The van der Waals surface area contributed by atoms with Crippen molar-refractivity contribution in [1.29, 1.82) is 0 Å². The maximum atomic E-state index is 11.9. The van der Waals surface area contributed by atoms with Crippen molar-refractivity contribution in [3.05, 3.63) is 28.8 Å². The van der Waals surface area contributed by atoms with E-state index in [2.05, 4.69) is 26.0 Å². The lowest BCUT2D eigenvalue weighted by atomic mass is 9.69. The first kappa shape index (κ1) is 12.5. The predicted molar refractivity (Wildman–Crippen MR) is 72.5 cm³/mol. The second-order valence-corrected chi connectivity index (χ2v) is 5.85. The monoisotopic (exact) mass is 260 g/mol. The summed E-state index contributed by atoms with van der Waals surface area (Å²) in [5, 5.41) is 0. The van der Waals surface area contributed by atoms with E-state index in [0.717, 1.165) is 17.7 Å². The Bertz CT molecular complexity index is 535. The number of carbonyl (C=O) groups excluding carboxylic acids is 1. The molecule has 0 radical (unpaired) electrons. The standard InChI is InChI=1S/C16H20O3/c1-8-5-13-11(6-14(8)18-4)9(2)15-7-12(13)10(3)16(17)19-15/h5-6,9-10,12,15H,7H2,1-4H3/t9-,10-,12-,15-/m1/s1. The third kappa shape index (κ3) is 1.75. The molecule has 0 unspecified atom stereocenters.